The molecule has 0 saturated carbocycles. The molecule has 121 heavy (non-hydrogen) atoms. The smallest absolute Gasteiger partial charge is 0.354 e. The number of nitrogens with one attached hydrogen (secondary N) is 6. The van der Waals surface area contributed by atoms with E-state index in [9.17, 15) is 93.3 Å². The fourth-order valence-electron chi connectivity index (χ4n) is 12.1. The van der Waals surface area contributed by atoms with Crippen LogP contribution < -0.4 is 32.1 Å². The molecule has 3 fully saturated rings. The normalized spacial score (nSPS) is 21.8. The minimum Gasteiger partial charge on any atom is -0.480 e. The molecule has 7 heterocycles. The molecule has 0 aromatic heterocycles. The van der Waals surface area contributed by atoms with Gasteiger partial charge >= 0.3 is 65.7 Å². The number of aliphatic carboxylic acids is 7. The molecule has 0 bridgehead atoms. The fraction of sp³-hybridized carbons (Fsp3) is 0.333. The van der Waals surface area contributed by atoms with Crippen LogP contribution in [0.15, 0.2) is 226 Å². The lowest BCUT2D eigenvalue weighted by Crippen LogP contribution is -2.69. The summed E-state index contributed by atoms with van der Waals surface area (Å²) in [6, 6.07) is 33.7. The van der Waals surface area contributed by atoms with Gasteiger partial charge in [-0.3, -0.25) is 74.5 Å². The van der Waals surface area contributed by atoms with Crippen LogP contribution in [-0.2, 0) is 103 Å². The van der Waals surface area contributed by atoms with Gasteiger partial charge in [-0.1, -0.05) is 182 Å². The Morgan fingerprint density at radius 2 is 0.959 bits per heavy atom. The number of nitrogens with zero attached hydrogens (tertiary/aromatic N) is 6. The first kappa shape index (κ1) is 96.7. The molecule has 3 saturated heterocycles. The number of benzene rings is 4. The number of carboxylic acids is 7. The number of fused-ring (bicyclic) bond motifs is 1. The first-order chi connectivity index (χ1) is 57.5. The van der Waals surface area contributed by atoms with E-state index < -0.39 is 94.0 Å². The van der Waals surface area contributed by atoms with Gasteiger partial charge in [-0.2, -0.15) is 5.48 Å². The van der Waals surface area contributed by atoms with Crippen molar-refractivity contribution in [3.63, 3.8) is 0 Å². The number of hydroxylamine groups is 7. The highest BCUT2D eigenvalue weighted by Crippen LogP contribution is 2.41. The molecular weight excluding hydrogens is 1650 g/mol. The highest BCUT2D eigenvalue weighted by atomic mass is 32.2. The zero-order valence-corrected chi connectivity index (χ0v) is 69.3. The van der Waals surface area contributed by atoms with Crippen LogP contribution in [0.25, 0.3) is 0 Å². The predicted octanol–water partition coefficient (Wildman–Crippen LogP) is 4.34. The lowest BCUT2D eigenvalue weighted by Gasteiger charge is -2.49. The van der Waals surface area contributed by atoms with E-state index in [4.69, 9.17) is 14.5 Å². The molecule has 36 nitrogen and oxygen atoms in total. The maximum atomic E-state index is 12.7. The standard InChI is InChI=1S/C21H25N3O6S.2C20H23N3O6S.C20H21N3O5S.H2O/c1-24(2)30-16(25)11-7-6-10-15-13-31-19(23-17(15)20(26)27)18(21(28)29)22-12-14-8-4-3-5-9-14;1-23-14(9-15(24)29-23)8-7-13-11-30-18(22-16(13)19(25)26)17(20(27)28)21-10-12-5-3-2-4-6-12;1-21-29-15(24)10-6-5-9-14-12-30-18(23-16(14)19(25)26)17(20(27)28)22-11-13-7-3-2-4-8-13;1-22-14(9-15(24)28-22)8-7-13-11-29-19-16(18(25)23(19)17(13)20(26)27)21-10-12-5-3-2-4-6-12;/h3-10,18-19,22H,11-13H2,1-2H3,(H,26,27)(H,28,29);2-8,14,17-18,21-22H,9-11H2,1H3,(H,25,26)(H,27,28);2-9,17-18,21-22H,10-12H2,1H3,(H,25,26)(H,27,28);2-8,14,16,19,21H,9-11H2,1H3,(H,26,27);1H2/b7-6+,15-10+;8-7+;6-5+,14-9+;8-7+;. The summed E-state index contributed by atoms with van der Waals surface area (Å²) in [5.41, 5.74) is 7.65. The second-order valence-electron chi connectivity index (χ2n) is 26.9. The summed E-state index contributed by atoms with van der Waals surface area (Å²) in [7, 11) is 7.93. The topological polar surface area (TPSA) is 525 Å². The van der Waals surface area contributed by atoms with Crippen molar-refractivity contribution in [2.75, 3.05) is 58.2 Å². The Hall–Kier alpha value is -11.4. The Kier molecular flexibility index (Phi) is 39.0. The van der Waals surface area contributed by atoms with Crippen molar-refractivity contribution in [1.29, 1.82) is 0 Å². The van der Waals surface area contributed by atoms with Crippen LogP contribution in [0.3, 0.4) is 0 Å². The molecule has 7 aliphatic rings. The summed E-state index contributed by atoms with van der Waals surface area (Å²) in [6.07, 6.45) is 16.6. The monoisotopic (exact) mass is 1750 g/mol. The average Bonchev–Trinajstić information content (AvgIpc) is 0.982. The second-order valence-corrected chi connectivity index (χ2v) is 31.4. The summed E-state index contributed by atoms with van der Waals surface area (Å²) >= 11 is 5.32. The molecule has 0 radical (unpaired) electrons. The lowest BCUT2D eigenvalue weighted by atomic mass is 10.0. The Morgan fingerprint density at radius 1 is 0.545 bits per heavy atom. The molecule has 0 aliphatic carbocycles. The number of carbonyl (C=O) groups excluding carboxylic acids is 5. The second kappa shape index (κ2) is 48.8. The molecule has 1 amide bonds. The third-order valence-electron chi connectivity index (χ3n) is 18.1. The van der Waals surface area contributed by atoms with Gasteiger partial charge < -0.3 is 65.9 Å². The van der Waals surface area contributed by atoms with Gasteiger partial charge in [0.25, 0.3) is 0 Å². The zero-order valence-electron chi connectivity index (χ0n) is 66.1. The van der Waals surface area contributed by atoms with Crippen molar-refractivity contribution in [3.8, 4) is 0 Å². The van der Waals surface area contributed by atoms with Crippen molar-refractivity contribution < 1.29 is 118 Å². The van der Waals surface area contributed by atoms with Crippen LogP contribution in [0.1, 0.15) is 47.9 Å². The Bertz CT molecular complexity index is 4670. The summed E-state index contributed by atoms with van der Waals surface area (Å²) in [4.78, 5) is 170. The zero-order chi connectivity index (χ0) is 87.0. The quantitative estimate of drug-likeness (QED) is 0.0228. The Balaban J connectivity index is 0.000000222. The van der Waals surface area contributed by atoms with Crippen molar-refractivity contribution in [3.05, 3.63) is 238 Å². The van der Waals surface area contributed by atoms with Crippen molar-refractivity contribution >= 4 is 130 Å². The minimum absolute atomic E-state index is 0. The number of hydrogen-bond donors (Lipinski definition) is 13. The molecule has 4 aromatic rings. The van der Waals surface area contributed by atoms with Crippen molar-refractivity contribution in [2.24, 2.45) is 9.98 Å². The summed E-state index contributed by atoms with van der Waals surface area (Å²) in [5, 5.41) is 83.9. The third-order valence-corrected chi connectivity index (χ3v) is 23.0. The van der Waals surface area contributed by atoms with E-state index in [0.717, 1.165) is 22.3 Å². The van der Waals surface area contributed by atoms with Gasteiger partial charge in [0.1, 0.15) is 63.1 Å². The Labute approximate surface area is 712 Å². The summed E-state index contributed by atoms with van der Waals surface area (Å²) in [6.45, 7) is 1.53. The number of hydrogen-bond acceptors (Lipinski definition) is 31. The first-order valence-electron chi connectivity index (χ1n) is 37.1. The van der Waals surface area contributed by atoms with Crippen molar-refractivity contribution in [2.45, 2.75) is 110 Å². The third kappa shape index (κ3) is 29.8. The van der Waals surface area contributed by atoms with Gasteiger partial charge in [0, 0.05) is 84.4 Å². The minimum atomic E-state index is -1.23. The van der Waals surface area contributed by atoms with Gasteiger partial charge in [-0.05, 0) is 44.5 Å². The van der Waals surface area contributed by atoms with Gasteiger partial charge in [-0.25, -0.2) is 19.2 Å². The van der Waals surface area contributed by atoms with E-state index in [-0.39, 0.29) is 101 Å². The summed E-state index contributed by atoms with van der Waals surface area (Å²) in [5.74, 6) is -8.52. The number of β-lactam (4-membered cyclic amide) rings is 1. The highest BCUT2D eigenvalue weighted by molar-refractivity contribution is 8.01. The molecule has 10 atom stereocenters. The molecule has 0 spiro atoms. The maximum absolute atomic E-state index is 12.7. The SMILES string of the molecule is CN(C)OC(=O)C/C=C/C=C1\CSC(C(NCc2ccccc2)C(=O)O)N=C1C(=O)O.CN1OC(=O)CC1/C=C/C1=C(C(=O)O)N2C(=O)C(NCc3ccccc3)C2SC1.CN1OC(=O)CC1/C=C/C1=C(C(=O)O)NC(C(NCc2ccccc2)C(=O)O)SC1.CNOC(=O)C/C=C/C=C1\CSC(C(NCc2ccccc2)C(=O)O)N=C1C(=O)O.O. The number of likely N-dealkylation sites (N-methyl/N-ethyl adjacent to an activating group) is 2. The number of allylic oxidation sites excluding steroid dienone is 6. The summed E-state index contributed by atoms with van der Waals surface area (Å²) < 4.78 is 0. The van der Waals surface area contributed by atoms with Crippen LogP contribution in [-0.4, -0.2) is 260 Å². The molecule has 11 rings (SSSR count). The lowest BCUT2D eigenvalue weighted by molar-refractivity contribution is -0.177. The number of carboxylic acid groups (broad SMARTS) is 7. The van der Waals surface area contributed by atoms with Crippen LogP contribution in [0.4, 0.5) is 0 Å². The van der Waals surface area contributed by atoms with Gasteiger partial charge in [0.05, 0.1) is 43.1 Å². The van der Waals surface area contributed by atoms with Crippen molar-refractivity contribution in [1.82, 2.24) is 52.2 Å². The highest BCUT2D eigenvalue weighted by Gasteiger charge is 2.53. The first-order valence-corrected chi connectivity index (χ1v) is 41.3. The van der Waals surface area contributed by atoms with E-state index in [1.165, 1.54) is 80.3 Å². The van der Waals surface area contributed by atoms with Gasteiger partial charge in [-0.15, -0.1) is 62.2 Å². The van der Waals surface area contributed by atoms with E-state index in [1.54, 1.807) is 82.9 Å². The van der Waals surface area contributed by atoms with E-state index in [2.05, 4.69) is 46.9 Å². The van der Waals surface area contributed by atoms with E-state index >= 15 is 0 Å². The van der Waals surface area contributed by atoms with E-state index in [1.807, 2.05) is 121 Å². The molecule has 10 unspecified atom stereocenters. The number of aliphatic imine (C=N–C) groups is 2. The predicted molar refractivity (Wildman–Crippen MR) is 451 cm³/mol. The Morgan fingerprint density at radius 3 is 1.35 bits per heavy atom. The molecule has 7 aliphatic heterocycles. The molecule has 4 aromatic carbocycles. The fourth-order valence-corrected chi connectivity index (χ4v) is 17.0. The molecule has 646 valence electrons. The number of rotatable bonds is 34. The molecule has 15 N–H and O–H groups in total. The number of carbonyl (C=O) groups is 12. The van der Waals surface area contributed by atoms with E-state index in [0.29, 0.717) is 60.0 Å². The average molecular weight is 1750 g/mol. The van der Waals surface area contributed by atoms with Crippen LogP contribution in [0.5, 0.6) is 0 Å². The van der Waals surface area contributed by atoms with Crippen LogP contribution >= 0.6 is 47.0 Å². The number of amides is 1. The maximum Gasteiger partial charge on any atom is 0.354 e. The molecular formula is C81H94N12O24S4. The van der Waals surface area contributed by atoms with Crippen LogP contribution in [0.2, 0.25) is 0 Å². The number of thioether (sulfide) groups is 4. The van der Waals surface area contributed by atoms with Gasteiger partial charge in [0.15, 0.2) is 0 Å². The van der Waals surface area contributed by atoms with Crippen LogP contribution in [0, 0.1) is 0 Å². The molecule has 40 heteroatoms. The largest absolute Gasteiger partial charge is 0.480 e. The van der Waals surface area contributed by atoms with Gasteiger partial charge in [0.2, 0.25) is 5.91 Å².